The van der Waals surface area contributed by atoms with Crippen molar-refractivity contribution in [1.29, 1.82) is 0 Å². The normalized spacial score (nSPS) is 12.6. The van der Waals surface area contributed by atoms with Crippen LogP contribution in [0, 0.1) is 0 Å². The van der Waals surface area contributed by atoms with Gasteiger partial charge in [-0.05, 0) is 52.3 Å². The van der Waals surface area contributed by atoms with Gasteiger partial charge < -0.3 is 0 Å². The van der Waals surface area contributed by atoms with Crippen molar-refractivity contribution in [1.82, 2.24) is 0 Å². The fourth-order valence-corrected chi connectivity index (χ4v) is 4.25. The van der Waals surface area contributed by atoms with E-state index in [1.165, 1.54) is 36.8 Å². The van der Waals surface area contributed by atoms with Crippen LogP contribution in [0.3, 0.4) is 0 Å². The van der Waals surface area contributed by atoms with Gasteiger partial charge in [0.25, 0.3) is 0 Å². The molecule has 1 rings (SSSR count). The van der Waals surface area contributed by atoms with Crippen molar-refractivity contribution in [2.75, 3.05) is 12.5 Å². The SMILES string of the molecule is CSS(=O)(=O)c1cccc(S(=O)(=O)SC)c1. The maximum atomic E-state index is 11.5. The third-order valence-corrected chi connectivity index (χ3v) is 8.15. The molecule has 0 N–H and O–H groups in total. The lowest BCUT2D eigenvalue weighted by Crippen LogP contribution is -1.98. The molecule has 8 heteroatoms. The molecule has 0 fully saturated rings. The maximum Gasteiger partial charge on any atom is 0.229 e. The molecule has 90 valence electrons. The molecule has 0 atom stereocenters. The van der Waals surface area contributed by atoms with Crippen LogP contribution in [0.5, 0.6) is 0 Å². The van der Waals surface area contributed by atoms with Crippen LogP contribution in [0.4, 0.5) is 0 Å². The Bertz CT molecular complexity index is 525. The molecule has 0 aliphatic rings. The van der Waals surface area contributed by atoms with E-state index in [-0.39, 0.29) is 9.79 Å². The highest BCUT2D eigenvalue weighted by Gasteiger charge is 2.18. The van der Waals surface area contributed by atoms with Crippen molar-refractivity contribution in [3.63, 3.8) is 0 Å². The fourth-order valence-electron chi connectivity index (χ4n) is 0.978. The van der Waals surface area contributed by atoms with E-state index in [0.29, 0.717) is 21.6 Å². The molecule has 1 aromatic carbocycles. The third-order valence-electron chi connectivity index (χ3n) is 1.82. The molecule has 1 aromatic rings. The van der Waals surface area contributed by atoms with Crippen molar-refractivity contribution < 1.29 is 16.8 Å². The Balaban J connectivity index is 3.37. The predicted octanol–water partition coefficient (Wildman–Crippen LogP) is 1.79. The molecule has 0 aromatic heterocycles. The van der Waals surface area contributed by atoms with Gasteiger partial charge in [-0.1, -0.05) is 6.07 Å². The summed E-state index contributed by atoms with van der Waals surface area (Å²) in [5, 5.41) is 0. The van der Waals surface area contributed by atoms with E-state index in [1.807, 2.05) is 0 Å². The average molecular weight is 298 g/mol. The molecule has 0 aliphatic carbocycles. The monoisotopic (exact) mass is 298 g/mol. The Morgan fingerprint density at radius 1 is 0.875 bits per heavy atom. The lowest BCUT2D eigenvalue weighted by atomic mass is 10.4. The van der Waals surface area contributed by atoms with E-state index in [4.69, 9.17) is 0 Å². The molecule has 0 radical (unpaired) electrons. The lowest BCUT2D eigenvalue weighted by molar-refractivity contribution is 0.609. The molecule has 0 unspecified atom stereocenters. The predicted molar refractivity (Wildman–Crippen MR) is 67.8 cm³/mol. The van der Waals surface area contributed by atoms with Crippen LogP contribution in [0.25, 0.3) is 0 Å². The first-order valence-corrected chi connectivity index (χ1v) is 10.5. The highest BCUT2D eigenvalue weighted by atomic mass is 33.1. The Labute approximate surface area is 102 Å². The van der Waals surface area contributed by atoms with E-state index in [1.54, 1.807) is 0 Å². The van der Waals surface area contributed by atoms with Crippen molar-refractivity contribution in [2.24, 2.45) is 0 Å². The molecule has 0 saturated heterocycles. The van der Waals surface area contributed by atoms with Crippen molar-refractivity contribution in [2.45, 2.75) is 9.79 Å². The smallest absolute Gasteiger partial charge is 0.212 e. The first-order valence-electron chi connectivity index (χ1n) is 4.05. The summed E-state index contributed by atoms with van der Waals surface area (Å²) in [6.45, 7) is 0. The second-order valence-corrected chi connectivity index (χ2v) is 10.8. The Morgan fingerprint density at radius 3 is 1.56 bits per heavy atom. The summed E-state index contributed by atoms with van der Waals surface area (Å²) in [6, 6.07) is 5.36. The highest BCUT2D eigenvalue weighted by Crippen LogP contribution is 2.26. The Morgan fingerprint density at radius 2 is 1.25 bits per heavy atom. The first-order chi connectivity index (χ1) is 7.33. The topological polar surface area (TPSA) is 68.3 Å². The second-order valence-electron chi connectivity index (χ2n) is 2.72. The summed E-state index contributed by atoms with van der Waals surface area (Å²) >= 11 is 0. The third kappa shape index (κ3) is 2.93. The summed E-state index contributed by atoms with van der Waals surface area (Å²) in [6.07, 6.45) is 2.87. The molecule has 0 aliphatic heterocycles. The van der Waals surface area contributed by atoms with Crippen molar-refractivity contribution >= 4 is 39.3 Å². The highest BCUT2D eigenvalue weighted by molar-refractivity contribution is 8.72. The minimum atomic E-state index is -3.45. The molecule has 0 amide bonds. The summed E-state index contributed by atoms with van der Waals surface area (Å²) < 4.78 is 46.1. The lowest BCUT2D eigenvalue weighted by Gasteiger charge is -2.03. The molecule has 0 heterocycles. The van der Waals surface area contributed by atoms with Crippen LogP contribution in [0.1, 0.15) is 0 Å². The summed E-state index contributed by atoms with van der Waals surface area (Å²) in [7, 11) is -5.54. The van der Waals surface area contributed by atoms with Gasteiger partial charge in [-0.25, -0.2) is 16.8 Å². The van der Waals surface area contributed by atoms with E-state index >= 15 is 0 Å². The number of hydrogen-bond acceptors (Lipinski definition) is 6. The fraction of sp³-hybridized carbons (Fsp3) is 0.250. The van der Waals surface area contributed by atoms with Crippen LogP contribution in [-0.2, 0) is 17.7 Å². The van der Waals surface area contributed by atoms with Crippen LogP contribution in [-0.4, -0.2) is 29.3 Å². The zero-order chi connectivity index (χ0) is 12.4. The Hall–Kier alpha value is -0.180. The van der Waals surface area contributed by atoms with E-state index in [9.17, 15) is 16.8 Å². The van der Waals surface area contributed by atoms with E-state index in [0.717, 1.165) is 0 Å². The van der Waals surface area contributed by atoms with Crippen LogP contribution in [0.15, 0.2) is 34.1 Å². The van der Waals surface area contributed by atoms with Gasteiger partial charge in [-0.15, -0.1) is 0 Å². The summed E-state index contributed by atoms with van der Waals surface area (Å²) in [5.74, 6) is 0. The molecule has 0 spiro atoms. The summed E-state index contributed by atoms with van der Waals surface area (Å²) in [4.78, 5) is 0.0188. The van der Waals surface area contributed by atoms with Crippen LogP contribution < -0.4 is 0 Å². The standard InChI is InChI=1S/C8H10O4S4/c1-13-15(9,10)7-4-3-5-8(6-7)16(11,12)14-2/h3-6H,1-2H3. The Kier molecular flexibility index (Phi) is 4.33. The van der Waals surface area contributed by atoms with Gasteiger partial charge >= 0.3 is 0 Å². The average Bonchev–Trinajstić information content (AvgIpc) is 2.29. The molecule has 0 saturated carbocycles. The van der Waals surface area contributed by atoms with Crippen LogP contribution >= 0.6 is 21.6 Å². The number of benzene rings is 1. The minimum Gasteiger partial charge on any atom is -0.212 e. The number of rotatable bonds is 4. The van der Waals surface area contributed by atoms with Gasteiger partial charge in [-0.2, -0.15) is 0 Å². The zero-order valence-electron chi connectivity index (χ0n) is 8.58. The zero-order valence-corrected chi connectivity index (χ0v) is 11.8. The number of hydrogen-bond donors (Lipinski definition) is 0. The van der Waals surface area contributed by atoms with Gasteiger partial charge in [0, 0.05) is 0 Å². The van der Waals surface area contributed by atoms with Gasteiger partial charge in [-0.3, -0.25) is 0 Å². The second kappa shape index (κ2) is 4.99. The maximum absolute atomic E-state index is 11.5. The minimum absolute atomic E-state index is 0.00938. The summed E-state index contributed by atoms with van der Waals surface area (Å²) in [5.41, 5.74) is 0. The largest absolute Gasteiger partial charge is 0.229 e. The van der Waals surface area contributed by atoms with Gasteiger partial charge in [0.1, 0.15) is 0 Å². The molecule has 0 bridgehead atoms. The molecule has 16 heavy (non-hydrogen) atoms. The molecule has 4 nitrogen and oxygen atoms in total. The van der Waals surface area contributed by atoms with Gasteiger partial charge in [0.2, 0.25) is 17.7 Å². The van der Waals surface area contributed by atoms with Crippen molar-refractivity contribution in [3.8, 4) is 0 Å². The van der Waals surface area contributed by atoms with Gasteiger partial charge in [0.05, 0.1) is 9.79 Å². The first kappa shape index (κ1) is 13.9. The molecular formula is C8H10O4S4. The van der Waals surface area contributed by atoms with E-state index in [2.05, 4.69) is 0 Å². The van der Waals surface area contributed by atoms with Crippen molar-refractivity contribution in [3.05, 3.63) is 24.3 Å². The van der Waals surface area contributed by atoms with Gasteiger partial charge in [0.15, 0.2) is 0 Å². The van der Waals surface area contributed by atoms with Crippen LogP contribution in [0.2, 0.25) is 0 Å². The van der Waals surface area contributed by atoms with E-state index < -0.39 is 17.7 Å². The molecular weight excluding hydrogens is 288 g/mol. The quantitative estimate of drug-likeness (QED) is 0.789.